The standard InChI is InChI=1S/C11H9BrN2O3/c1-6-4-7(12)5-8(11(16)17)10(6)14-9(15)2-3-13/h4-5H,2H2,1H3,(H,14,15)(H,16,17). The first-order valence-corrected chi connectivity index (χ1v) is 5.45. The van der Waals surface area contributed by atoms with E-state index in [-0.39, 0.29) is 17.7 Å². The van der Waals surface area contributed by atoms with E-state index in [1.165, 1.54) is 6.07 Å². The first kappa shape index (κ1) is 13.2. The Labute approximate surface area is 106 Å². The first-order valence-electron chi connectivity index (χ1n) is 4.66. The van der Waals surface area contributed by atoms with Crippen LogP contribution >= 0.6 is 15.9 Å². The number of nitrogens with zero attached hydrogens (tertiary/aromatic N) is 1. The second-order valence-corrected chi connectivity index (χ2v) is 4.25. The Morgan fingerprint density at radius 1 is 1.53 bits per heavy atom. The van der Waals surface area contributed by atoms with Crippen LogP contribution in [0.3, 0.4) is 0 Å². The lowest BCUT2D eigenvalue weighted by molar-refractivity contribution is -0.115. The van der Waals surface area contributed by atoms with Crippen LogP contribution in [0.5, 0.6) is 0 Å². The number of hydrogen-bond acceptors (Lipinski definition) is 3. The number of carbonyl (C=O) groups is 2. The number of benzene rings is 1. The fourth-order valence-electron chi connectivity index (χ4n) is 1.33. The molecule has 1 aromatic rings. The second-order valence-electron chi connectivity index (χ2n) is 3.33. The van der Waals surface area contributed by atoms with Crippen LogP contribution in [0.15, 0.2) is 16.6 Å². The van der Waals surface area contributed by atoms with Crippen molar-refractivity contribution >= 4 is 33.5 Å². The molecule has 0 atom stereocenters. The highest BCUT2D eigenvalue weighted by molar-refractivity contribution is 9.10. The molecule has 0 radical (unpaired) electrons. The molecule has 0 aliphatic carbocycles. The fourth-order valence-corrected chi connectivity index (χ4v) is 1.91. The smallest absolute Gasteiger partial charge is 0.337 e. The summed E-state index contributed by atoms with van der Waals surface area (Å²) in [6, 6.07) is 4.79. The Bertz CT molecular complexity index is 520. The highest BCUT2D eigenvalue weighted by Crippen LogP contribution is 2.26. The molecule has 6 heteroatoms. The average molecular weight is 297 g/mol. The van der Waals surface area contributed by atoms with E-state index >= 15 is 0 Å². The van der Waals surface area contributed by atoms with E-state index in [2.05, 4.69) is 21.2 Å². The van der Waals surface area contributed by atoms with E-state index in [9.17, 15) is 9.59 Å². The van der Waals surface area contributed by atoms with Crippen molar-refractivity contribution in [2.75, 3.05) is 5.32 Å². The molecule has 0 aliphatic rings. The second kappa shape index (κ2) is 5.46. The summed E-state index contributed by atoms with van der Waals surface area (Å²) in [6.45, 7) is 1.68. The molecule has 88 valence electrons. The van der Waals surface area contributed by atoms with Crippen LogP contribution in [-0.2, 0) is 4.79 Å². The highest BCUT2D eigenvalue weighted by atomic mass is 79.9. The molecule has 0 bridgehead atoms. The van der Waals surface area contributed by atoms with Gasteiger partial charge in [0.1, 0.15) is 6.42 Å². The summed E-state index contributed by atoms with van der Waals surface area (Å²) < 4.78 is 0.616. The SMILES string of the molecule is Cc1cc(Br)cc(C(=O)O)c1NC(=O)CC#N. The third-order valence-electron chi connectivity index (χ3n) is 2.03. The summed E-state index contributed by atoms with van der Waals surface area (Å²) in [4.78, 5) is 22.3. The molecule has 17 heavy (non-hydrogen) atoms. The van der Waals surface area contributed by atoms with Gasteiger partial charge in [0.25, 0.3) is 0 Å². The monoisotopic (exact) mass is 296 g/mol. The van der Waals surface area contributed by atoms with Gasteiger partial charge in [-0.3, -0.25) is 4.79 Å². The molecule has 0 unspecified atom stereocenters. The molecule has 5 nitrogen and oxygen atoms in total. The molecule has 0 fully saturated rings. The number of aryl methyl sites for hydroxylation is 1. The van der Waals surface area contributed by atoms with Gasteiger partial charge in [-0.15, -0.1) is 0 Å². The van der Waals surface area contributed by atoms with Gasteiger partial charge in [0.15, 0.2) is 0 Å². The van der Waals surface area contributed by atoms with Gasteiger partial charge in [-0.05, 0) is 24.6 Å². The number of rotatable bonds is 3. The third-order valence-corrected chi connectivity index (χ3v) is 2.49. The largest absolute Gasteiger partial charge is 0.478 e. The third kappa shape index (κ3) is 3.29. The molecular formula is C11H9BrN2O3. The van der Waals surface area contributed by atoms with Gasteiger partial charge in [-0.25, -0.2) is 4.79 Å². The summed E-state index contributed by atoms with van der Waals surface area (Å²) in [7, 11) is 0. The Morgan fingerprint density at radius 3 is 2.71 bits per heavy atom. The van der Waals surface area contributed by atoms with E-state index in [4.69, 9.17) is 10.4 Å². The number of carbonyl (C=O) groups excluding carboxylic acids is 1. The molecule has 1 rings (SSSR count). The maximum Gasteiger partial charge on any atom is 0.337 e. The highest BCUT2D eigenvalue weighted by Gasteiger charge is 2.15. The van der Waals surface area contributed by atoms with E-state index in [0.29, 0.717) is 10.0 Å². The maximum absolute atomic E-state index is 11.3. The number of carboxylic acid groups (broad SMARTS) is 1. The van der Waals surface area contributed by atoms with Crippen molar-refractivity contribution in [3.63, 3.8) is 0 Å². The number of nitrogens with one attached hydrogen (secondary N) is 1. The van der Waals surface area contributed by atoms with Crippen molar-refractivity contribution in [1.29, 1.82) is 5.26 Å². The molecule has 0 saturated heterocycles. The van der Waals surface area contributed by atoms with Crippen LogP contribution in [0, 0.1) is 18.3 Å². The van der Waals surface area contributed by atoms with Gasteiger partial charge in [-0.1, -0.05) is 15.9 Å². The zero-order chi connectivity index (χ0) is 13.0. The minimum atomic E-state index is -1.14. The van der Waals surface area contributed by atoms with Crippen LogP contribution in [-0.4, -0.2) is 17.0 Å². The number of nitriles is 1. The van der Waals surface area contributed by atoms with Crippen LogP contribution in [0.25, 0.3) is 0 Å². The molecule has 1 amide bonds. The minimum Gasteiger partial charge on any atom is -0.478 e. The van der Waals surface area contributed by atoms with E-state index in [0.717, 1.165) is 0 Å². The van der Waals surface area contributed by atoms with Gasteiger partial charge in [0.2, 0.25) is 5.91 Å². The topological polar surface area (TPSA) is 90.2 Å². The summed E-state index contributed by atoms with van der Waals surface area (Å²) in [6.07, 6.45) is -0.311. The molecular weight excluding hydrogens is 288 g/mol. The van der Waals surface area contributed by atoms with E-state index in [1.807, 2.05) is 0 Å². The lowest BCUT2D eigenvalue weighted by Gasteiger charge is -2.11. The van der Waals surface area contributed by atoms with Crippen LogP contribution in [0.2, 0.25) is 0 Å². The zero-order valence-corrected chi connectivity index (χ0v) is 10.5. The normalized spacial score (nSPS) is 9.47. The lowest BCUT2D eigenvalue weighted by atomic mass is 10.1. The van der Waals surface area contributed by atoms with Gasteiger partial charge >= 0.3 is 5.97 Å². The number of anilines is 1. The molecule has 0 aliphatic heterocycles. The quantitative estimate of drug-likeness (QED) is 0.895. The van der Waals surface area contributed by atoms with Crippen molar-refractivity contribution in [2.45, 2.75) is 13.3 Å². The predicted octanol–water partition coefficient (Wildman–Crippen LogP) is 2.31. The van der Waals surface area contributed by atoms with Crippen LogP contribution in [0.4, 0.5) is 5.69 Å². The summed E-state index contributed by atoms with van der Waals surface area (Å²) in [5, 5.41) is 19.8. The Kier molecular flexibility index (Phi) is 4.24. The van der Waals surface area contributed by atoms with Crippen LogP contribution in [0.1, 0.15) is 22.3 Å². The number of carboxylic acids is 1. The van der Waals surface area contributed by atoms with Crippen molar-refractivity contribution < 1.29 is 14.7 Å². The molecule has 0 heterocycles. The van der Waals surface area contributed by atoms with Gasteiger partial charge in [0, 0.05) is 4.47 Å². The van der Waals surface area contributed by atoms with E-state index in [1.54, 1.807) is 19.1 Å². The minimum absolute atomic E-state index is 0.0110. The lowest BCUT2D eigenvalue weighted by Crippen LogP contribution is -2.15. The van der Waals surface area contributed by atoms with Crippen molar-refractivity contribution in [1.82, 2.24) is 0 Å². The molecule has 2 N–H and O–H groups in total. The van der Waals surface area contributed by atoms with Crippen molar-refractivity contribution in [3.05, 3.63) is 27.7 Å². The van der Waals surface area contributed by atoms with E-state index < -0.39 is 11.9 Å². The van der Waals surface area contributed by atoms with Gasteiger partial charge < -0.3 is 10.4 Å². The Balaban J connectivity index is 3.18. The Morgan fingerprint density at radius 2 is 2.18 bits per heavy atom. The molecule has 0 saturated carbocycles. The average Bonchev–Trinajstić information content (AvgIpc) is 2.21. The number of aromatic carboxylic acids is 1. The summed E-state index contributed by atoms with van der Waals surface area (Å²) in [5.41, 5.74) is 0.826. The Hall–Kier alpha value is -1.87. The van der Waals surface area contributed by atoms with Gasteiger partial charge in [0.05, 0.1) is 17.3 Å². The first-order chi connectivity index (χ1) is 7.95. The van der Waals surface area contributed by atoms with Gasteiger partial charge in [-0.2, -0.15) is 5.26 Å². The molecule has 0 aromatic heterocycles. The summed E-state index contributed by atoms with van der Waals surface area (Å²) >= 11 is 3.18. The zero-order valence-electron chi connectivity index (χ0n) is 8.95. The fraction of sp³-hybridized carbons (Fsp3) is 0.182. The van der Waals surface area contributed by atoms with Crippen molar-refractivity contribution in [2.24, 2.45) is 0 Å². The maximum atomic E-state index is 11.3. The summed E-state index contributed by atoms with van der Waals surface area (Å²) in [5.74, 6) is -1.66. The number of amides is 1. The number of hydrogen-bond donors (Lipinski definition) is 2. The van der Waals surface area contributed by atoms with Crippen LogP contribution < -0.4 is 5.32 Å². The molecule has 0 spiro atoms. The predicted molar refractivity (Wildman–Crippen MR) is 64.7 cm³/mol. The molecule has 1 aromatic carbocycles. The number of halogens is 1. The van der Waals surface area contributed by atoms with Crippen molar-refractivity contribution in [3.8, 4) is 6.07 Å².